The molecule has 1 unspecified atom stereocenters. The zero-order valence-corrected chi connectivity index (χ0v) is 18.1. The van der Waals surface area contributed by atoms with Crippen molar-refractivity contribution in [3.05, 3.63) is 42.2 Å². The molecule has 31 heavy (non-hydrogen) atoms. The van der Waals surface area contributed by atoms with Crippen LogP contribution < -0.4 is 25.0 Å². The second-order valence-electron chi connectivity index (χ2n) is 7.50. The van der Waals surface area contributed by atoms with Crippen LogP contribution in [0, 0.1) is 0 Å². The quantitative estimate of drug-likeness (QED) is 0.655. The third kappa shape index (κ3) is 6.31. The molecule has 0 saturated carbocycles. The number of methoxy groups -OCH3 is 2. The highest BCUT2D eigenvalue weighted by atomic mass is 16.5. The minimum atomic E-state index is -0.690. The Balaban J connectivity index is 1.62. The molecule has 1 saturated heterocycles. The van der Waals surface area contributed by atoms with Crippen LogP contribution in [0.15, 0.2) is 36.7 Å². The number of hydrogen-bond donors (Lipinski definition) is 2. The van der Waals surface area contributed by atoms with Crippen LogP contribution in [0.5, 0.6) is 11.5 Å². The van der Waals surface area contributed by atoms with Crippen LogP contribution in [0.2, 0.25) is 0 Å². The number of nitrogens with one attached hydrogen (secondary N) is 2. The van der Waals surface area contributed by atoms with Crippen molar-refractivity contribution in [2.24, 2.45) is 0 Å². The van der Waals surface area contributed by atoms with Crippen molar-refractivity contribution < 1.29 is 19.1 Å². The summed E-state index contributed by atoms with van der Waals surface area (Å²) in [6.45, 7) is 2.92. The maximum Gasteiger partial charge on any atom is 0.243 e. The molecule has 166 valence electrons. The molecule has 0 spiro atoms. The maximum atomic E-state index is 13.0. The molecule has 1 aliphatic heterocycles. The van der Waals surface area contributed by atoms with Gasteiger partial charge in [0.05, 0.1) is 14.2 Å². The number of carbonyl (C=O) groups is 2. The van der Waals surface area contributed by atoms with Crippen molar-refractivity contribution in [2.45, 2.75) is 38.3 Å². The molecule has 3 rings (SSSR count). The molecule has 1 aromatic carbocycles. The highest BCUT2D eigenvalue weighted by Gasteiger charge is 2.26. The van der Waals surface area contributed by atoms with Crippen LogP contribution >= 0.6 is 0 Å². The molecule has 1 aliphatic rings. The highest BCUT2D eigenvalue weighted by Crippen LogP contribution is 2.23. The Morgan fingerprint density at radius 1 is 1.10 bits per heavy atom. The summed E-state index contributed by atoms with van der Waals surface area (Å²) in [6.07, 6.45) is 5.34. The summed E-state index contributed by atoms with van der Waals surface area (Å²) in [7, 11) is 3.15. The van der Waals surface area contributed by atoms with Gasteiger partial charge in [-0.1, -0.05) is 0 Å². The van der Waals surface area contributed by atoms with Crippen molar-refractivity contribution in [3.8, 4) is 11.5 Å². The third-order valence-electron chi connectivity index (χ3n) is 5.22. The standard InChI is InChI=1S/C22H29N5O4/c1-15(28)25-20(13-16-11-18(30-2)14-19(12-16)31-3)21(29)26-17-5-9-27(10-6-17)22-23-7-4-8-24-22/h4,7-8,11-12,14,17,20H,5-6,9-10,13H2,1-3H3,(H,25,28)(H,26,29). The van der Waals surface area contributed by atoms with Crippen LogP contribution in [0.25, 0.3) is 0 Å². The lowest BCUT2D eigenvalue weighted by Gasteiger charge is -2.33. The van der Waals surface area contributed by atoms with Gasteiger partial charge in [0.15, 0.2) is 0 Å². The average Bonchev–Trinajstić information content (AvgIpc) is 2.79. The van der Waals surface area contributed by atoms with Gasteiger partial charge in [-0.2, -0.15) is 0 Å². The number of benzene rings is 1. The van der Waals surface area contributed by atoms with Crippen molar-refractivity contribution in [3.63, 3.8) is 0 Å². The number of amides is 2. The van der Waals surface area contributed by atoms with Gasteiger partial charge in [0.2, 0.25) is 17.8 Å². The lowest BCUT2D eigenvalue weighted by molar-refractivity contribution is -0.128. The van der Waals surface area contributed by atoms with Gasteiger partial charge in [-0.25, -0.2) is 9.97 Å². The van der Waals surface area contributed by atoms with Crippen molar-refractivity contribution in [1.29, 1.82) is 0 Å². The Hall–Kier alpha value is -3.36. The van der Waals surface area contributed by atoms with E-state index in [1.807, 2.05) is 12.1 Å². The van der Waals surface area contributed by atoms with Gasteiger partial charge >= 0.3 is 0 Å². The van der Waals surface area contributed by atoms with Gasteiger partial charge in [0.25, 0.3) is 0 Å². The summed E-state index contributed by atoms with van der Waals surface area (Å²) in [5.41, 5.74) is 0.834. The molecule has 0 aliphatic carbocycles. The summed E-state index contributed by atoms with van der Waals surface area (Å²) in [6, 6.07) is 6.57. The molecule has 2 amide bonds. The first-order chi connectivity index (χ1) is 15.0. The van der Waals surface area contributed by atoms with Crippen molar-refractivity contribution >= 4 is 17.8 Å². The molecule has 9 heteroatoms. The molecule has 1 aromatic heterocycles. The molecule has 2 N–H and O–H groups in total. The van der Waals surface area contributed by atoms with E-state index in [1.165, 1.54) is 6.92 Å². The second kappa shape index (κ2) is 10.6. The highest BCUT2D eigenvalue weighted by molar-refractivity contribution is 5.87. The van der Waals surface area contributed by atoms with Crippen molar-refractivity contribution in [2.75, 3.05) is 32.2 Å². The number of ether oxygens (including phenoxy) is 2. The number of hydrogen-bond acceptors (Lipinski definition) is 7. The van der Waals surface area contributed by atoms with Gasteiger partial charge in [-0.15, -0.1) is 0 Å². The van der Waals surface area contributed by atoms with Crippen LogP contribution in [0.4, 0.5) is 5.95 Å². The zero-order valence-electron chi connectivity index (χ0n) is 18.1. The van der Waals surface area contributed by atoms with Gasteiger partial charge in [0, 0.05) is 50.9 Å². The number of rotatable bonds is 8. The van der Waals surface area contributed by atoms with E-state index in [0.29, 0.717) is 23.9 Å². The monoisotopic (exact) mass is 427 g/mol. The van der Waals surface area contributed by atoms with Crippen LogP contribution in [-0.2, 0) is 16.0 Å². The molecule has 2 aromatic rings. The summed E-state index contributed by atoms with van der Waals surface area (Å²) < 4.78 is 10.6. The summed E-state index contributed by atoms with van der Waals surface area (Å²) in [4.78, 5) is 35.4. The predicted molar refractivity (Wildman–Crippen MR) is 116 cm³/mol. The first-order valence-corrected chi connectivity index (χ1v) is 10.3. The van der Waals surface area contributed by atoms with Crippen LogP contribution in [0.3, 0.4) is 0 Å². The van der Waals surface area contributed by atoms with Crippen LogP contribution in [-0.4, -0.2) is 61.2 Å². The van der Waals surface area contributed by atoms with Gasteiger partial charge < -0.3 is 25.0 Å². The smallest absolute Gasteiger partial charge is 0.243 e. The minimum absolute atomic E-state index is 0.0311. The molecular formula is C22H29N5O4. The molecule has 0 radical (unpaired) electrons. The van der Waals surface area contributed by atoms with E-state index in [9.17, 15) is 9.59 Å². The Kier molecular flexibility index (Phi) is 7.64. The van der Waals surface area contributed by atoms with Gasteiger partial charge in [-0.05, 0) is 36.6 Å². The summed E-state index contributed by atoms with van der Waals surface area (Å²) in [5.74, 6) is 1.51. The fourth-order valence-electron chi connectivity index (χ4n) is 3.65. The molecule has 9 nitrogen and oxygen atoms in total. The number of piperidine rings is 1. The molecule has 1 fully saturated rings. The maximum absolute atomic E-state index is 13.0. The topological polar surface area (TPSA) is 106 Å². The summed E-state index contributed by atoms with van der Waals surface area (Å²) in [5, 5.41) is 5.85. The van der Waals surface area contributed by atoms with Crippen molar-refractivity contribution in [1.82, 2.24) is 20.6 Å². The molecule has 1 atom stereocenters. The molecule has 2 heterocycles. The van der Waals surface area contributed by atoms with E-state index < -0.39 is 6.04 Å². The predicted octanol–water partition coefficient (Wildman–Crippen LogP) is 1.33. The van der Waals surface area contributed by atoms with E-state index >= 15 is 0 Å². The number of aromatic nitrogens is 2. The largest absolute Gasteiger partial charge is 0.497 e. The Morgan fingerprint density at radius 2 is 1.71 bits per heavy atom. The van der Waals surface area contributed by atoms with E-state index in [-0.39, 0.29) is 17.9 Å². The van der Waals surface area contributed by atoms with E-state index in [4.69, 9.17) is 9.47 Å². The van der Waals surface area contributed by atoms with E-state index in [1.54, 1.807) is 38.7 Å². The van der Waals surface area contributed by atoms with E-state index in [2.05, 4.69) is 25.5 Å². The third-order valence-corrected chi connectivity index (χ3v) is 5.22. The Morgan fingerprint density at radius 3 is 2.26 bits per heavy atom. The summed E-state index contributed by atoms with van der Waals surface area (Å²) >= 11 is 0. The number of nitrogens with zero attached hydrogens (tertiary/aromatic N) is 3. The lowest BCUT2D eigenvalue weighted by atomic mass is 10.0. The van der Waals surface area contributed by atoms with Crippen LogP contribution in [0.1, 0.15) is 25.3 Å². The second-order valence-corrected chi connectivity index (χ2v) is 7.50. The first-order valence-electron chi connectivity index (χ1n) is 10.3. The number of carbonyl (C=O) groups excluding carboxylic acids is 2. The number of anilines is 1. The normalized spacial score (nSPS) is 15.1. The minimum Gasteiger partial charge on any atom is -0.497 e. The Labute approximate surface area is 182 Å². The lowest BCUT2D eigenvalue weighted by Crippen LogP contribution is -2.52. The van der Waals surface area contributed by atoms with Gasteiger partial charge in [0.1, 0.15) is 17.5 Å². The fraction of sp³-hybridized carbons (Fsp3) is 0.455. The fourth-order valence-corrected chi connectivity index (χ4v) is 3.65. The SMILES string of the molecule is COc1cc(CC(NC(C)=O)C(=O)NC2CCN(c3ncccn3)CC2)cc(OC)c1. The molecular weight excluding hydrogens is 398 g/mol. The first kappa shape index (κ1) is 22.3. The van der Waals surface area contributed by atoms with E-state index in [0.717, 1.165) is 31.5 Å². The van der Waals surface area contributed by atoms with Gasteiger partial charge in [-0.3, -0.25) is 9.59 Å². The average molecular weight is 428 g/mol. The Bertz CT molecular complexity index is 862. The zero-order chi connectivity index (χ0) is 22.2. The molecule has 0 bridgehead atoms.